The van der Waals surface area contributed by atoms with Crippen LogP contribution in [0.15, 0.2) is 24.3 Å². The molecule has 0 radical (unpaired) electrons. The number of carbonyl (C=O) groups excluding carboxylic acids is 1. The van der Waals surface area contributed by atoms with Crippen molar-refractivity contribution < 1.29 is 91.2 Å². The van der Waals surface area contributed by atoms with E-state index in [0.29, 0.717) is 77.0 Å². The van der Waals surface area contributed by atoms with Crippen molar-refractivity contribution in [2.24, 2.45) is 23.7 Å². The third-order valence-corrected chi connectivity index (χ3v) is 22.0. The molecule has 0 amide bonds. The number of rotatable bonds is 1. The number of fused-ring (bicyclic) bond motifs is 10. The van der Waals surface area contributed by atoms with E-state index in [1.807, 2.05) is 6.92 Å². The van der Waals surface area contributed by atoms with Crippen LogP contribution in [0.5, 0.6) is 0 Å². The summed E-state index contributed by atoms with van der Waals surface area (Å²) in [5.74, 6) is -3.39. The second-order valence-electron chi connectivity index (χ2n) is 27.3. The Morgan fingerprint density at radius 3 is 2.08 bits per heavy atom. The quantitative estimate of drug-likeness (QED) is 0.243. The lowest BCUT2D eigenvalue weighted by atomic mass is 9.78. The van der Waals surface area contributed by atoms with Gasteiger partial charge in [-0.25, -0.2) is 0 Å². The van der Waals surface area contributed by atoms with Crippen molar-refractivity contribution in [3.8, 4) is 0 Å². The van der Waals surface area contributed by atoms with E-state index in [2.05, 4.69) is 40.9 Å². The van der Waals surface area contributed by atoms with Gasteiger partial charge in [-0.15, -0.1) is 0 Å². The van der Waals surface area contributed by atoms with Crippen LogP contribution >= 0.6 is 0 Å². The summed E-state index contributed by atoms with van der Waals surface area (Å²) in [5.41, 5.74) is 1.04. The molecule has 16 fully saturated rings. The molecule has 32 atom stereocenters. The van der Waals surface area contributed by atoms with Gasteiger partial charge in [0.2, 0.25) is 0 Å². The highest BCUT2D eigenvalue weighted by molar-refractivity contribution is 5.70. The molecule has 78 heavy (non-hydrogen) atoms. The Hall–Kier alpha value is -1.73. The van der Waals surface area contributed by atoms with Crippen molar-refractivity contribution in [3.05, 3.63) is 24.3 Å². The van der Waals surface area contributed by atoms with Crippen molar-refractivity contribution >= 4 is 5.97 Å². The zero-order chi connectivity index (χ0) is 53.5. The third-order valence-electron chi connectivity index (χ3n) is 22.0. The molecule has 32 unspecified atom stereocenters. The fourth-order valence-corrected chi connectivity index (χ4v) is 18.2. The average Bonchev–Trinajstić information content (AvgIpc) is 4.27. The Morgan fingerprint density at radius 2 is 1.24 bits per heavy atom. The summed E-state index contributed by atoms with van der Waals surface area (Å²) in [6.45, 7) is 19.4. The largest absolute Gasteiger partial charge is 0.459 e. The van der Waals surface area contributed by atoms with Gasteiger partial charge >= 0.3 is 5.97 Å². The van der Waals surface area contributed by atoms with E-state index in [9.17, 15) is 20.1 Å². The van der Waals surface area contributed by atoms with Crippen molar-refractivity contribution in [2.45, 2.75) is 307 Å². The molecule has 16 heterocycles. The Bertz CT molecular complexity index is 2360. The molecule has 3 N–H and O–H groups in total. The van der Waals surface area contributed by atoms with Gasteiger partial charge in [0.05, 0.1) is 111 Å². The monoisotopic (exact) mass is 1100 g/mol. The zero-order valence-electron chi connectivity index (χ0n) is 46.0. The van der Waals surface area contributed by atoms with Gasteiger partial charge in [0, 0.05) is 57.3 Å². The number of ether oxygens (including phenoxy) is 15. The first-order chi connectivity index (χ1) is 37.4. The maximum absolute atomic E-state index is 14.6. The summed E-state index contributed by atoms with van der Waals surface area (Å²) >= 11 is 0. The number of carbonyl (C=O) groups is 1. The molecule has 0 aliphatic carbocycles. The van der Waals surface area contributed by atoms with Gasteiger partial charge < -0.3 is 86.4 Å². The molecular weight excluding hydrogens is 1010 g/mol. The lowest BCUT2D eigenvalue weighted by Crippen LogP contribution is -2.63. The maximum atomic E-state index is 14.6. The van der Waals surface area contributed by atoms with Crippen LogP contribution in [-0.4, -0.2) is 197 Å². The van der Waals surface area contributed by atoms with Crippen molar-refractivity contribution in [1.29, 1.82) is 0 Å². The maximum Gasteiger partial charge on any atom is 0.308 e. The van der Waals surface area contributed by atoms with Crippen LogP contribution in [0, 0.1) is 23.7 Å². The van der Waals surface area contributed by atoms with Crippen LogP contribution < -0.4 is 0 Å². The Morgan fingerprint density at radius 1 is 0.538 bits per heavy atom. The smallest absolute Gasteiger partial charge is 0.308 e. The van der Waals surface area contributed by atoms with Gasteiger partial charge in [-0.1, -0.05) is 40.9 Å². The molecular formula is C59H84O19. The first-order valence-corrected chi connectivity index (χ1v) is 30.2. The van der Waals surface area contributed by atoms with Gasteiger partial charge in [-0.05, 0) is 80.8 Å². The molecule has 16 rings (SSSR count). The second-order valence-corrected chi connectivity index (χ2v) is 27.3. The molecule has 0 aromatic rings. The minimum Gasteiger partial charge on any atom is -0.459 e. The van der Waals surface area contributed by atoms with E-state index < -0.39 is 96.2 Å². The number of aliphatic hydroxyl groups excluding tert-OH is 3. The van der Waals surface area contributed by atoms with Crippen LogP contribution in [0.1, 0.15) is 137 Å². The lowest BCUT2D eigenvalue weighted by molar-refractivity contribution is -0.371. The Labute approximate surface area is 457 Å². The molecule has 0 aromatic carbocycles. The first-order valence-electron chi connectivity index (χ1n) is 30.2. The SMILES string of the molecule is C=C1CC2CCC34OC5C6OC(CCC6OC6C5OC(C)(C6O3)C4O)CC(=O)OC3C(CC4OC(CCC1O2)CC(C)C4=C)OC1CC2OC4(CC2OC1C3C)CC1OC2(CC(C)C3OC(CO)C(O)CC3O2)CC(C)C1O4. The van der Waals surface area contributed by atoms with Crippen LogP contribution in [-0.2, 0) is 75.8 Å². The standard InChI is InChI=1S/C59H84O19/c1-25-14-31-8-10-35-26(2)15-33(64-35)12-13-59-55(63)56(7)54(78-59)53-52(75-56)51(77-59)50-36(68-53)11-9-32(66-50)16-45(62)71-49-30(6)48-40(67-39(49)18-37(65-31)29(25)5)19-38-42(69-48)22-58(72-38)23-43-47(76-58)28(4)21-57(74-43)20-27(3)46-41(73-57)17-34(61)44(24-60)70-46/h25,27-28,30-44,46-55,60-61,63H,2,5,8-24H2,1,3-4,6-7H3. The van der Waals surface area contributed by atoms with Crippen LogP contribution in [0.2, 0.25) is 0 Å². The Balaban J connectivity index is 0.674. The van der Waals surface area contributed by atoms with Crippen LogP contribution in [0.4, 0.5) is 0 Å². The normalized spacial score (nSPS) is 60.0. The van der Waals surface area contributed by atoms with Crippen molar-refractivity contribution in [1.82, 2.24) is 0 Å². The molecule has 12 bridgehead atoms. The van der Waals surface area contributed by atoms with Crippen LogP contribution in [0.3, 0.4) is 0 Å². The molecule has 16 aliphatic heterocycles. The predicted molar refractivity (Wildman–Crippen MR) is 269 cm³/mol. The van der Waals surface area contributed by atoms with E-state index in [0.717, 1.165) is 30.4 Å². The number of hydrogen-bond acceptors (Lipinski definition) is 19. The molecule has 0 aromatic heterocycles. The van der Waals surface area contributed by atoms with E-state index in [4.69, 9.17) is 71.1 Å². The minimum atomic E-state index is -1.35. The molecule has 0 saturated carbocycles. The number of hydrogen-bond donors (Lipinski definition) is 3. The van der Waals surface area contributed by atoms with Gasteiger partial charge in [0.25, 0.3) is 0 Å². The zero-order valence-corrected chi connectivity index (χ0v) is 46.0. The predicted octanol–water partition coefficient (Wildman–Crippen LogP) is 4.54. The van der Waals surface area contributed by atoms with E-state index in [-0.39, 0.29) is 116 Å². The number of esters is 1. The second kappa shape index (κ2) is 19.1. The van der Waals surface area contributed by atoms with Gasteiger partial charge in [-0.2, -0.15) is 0 Å². The molecule has 434 valence electrons. The van der Waals surface area contributed by atoms with E-state index in [1.54, 1.807) is 0 Å². The molecule has 19 nitrogen and oxygen atoms in total. The fourth-order valence-electron chi connectivity index (χ4n) is 18.2. The van der Waals surface area contributed by atoms with Gasteiger partial charge in [-0.3, -0.25) is 4.79 Å². The van der Waals surface area contributed by atoms with Gasteiger partial charge in [0.15, 0.2) is 17.4 Å². The molecule has 16 aliphatic rings. The van der Waals surface area contributed by atoms with E-state index in [1.165, 1.54) is 0 Å². The average molecular weight is 1100 g/mol. The first kappa shape index (κ1) is 53.0. The summed E-state index contributed by atoms with van der Waals surface area (Å²) in [7, 11) is 0. The molecule has 3 spiro atoms. The lowest BCUT2D eigenvalue weighted by Gasteiger charge is -2.54. The summed E-state index contributed by atoms with van der Waals surface area (Å²) < 4.78 is 103. The number of aliphatic hydroxyl groups is 3. The highest BCUT2D eigenvalue weighted by Crippen LogP contribution is 2.60. The van der Waals surface area contributed by atoms with E-state index >= 15 is 0 Å². The van der Waals surface area contributed by atoms with Crippen molar-refractivity contribution in [2.75, 3.05) is 6.61 Å². The highest BCUT2D eigenvalue weighted by atomic mass is 16.8. The van der Waals surface area contributed by atoms with Gasteiger partial charge in [0.1, 0.15) is 54.4 Å². The summed E-state index contributed by atoms with van der Waals surface area (Å²) in [5, 5.41) is 32.8. The summed E-state index contributed by atoms with van der Waals surface area (Å²) in [6, 6.07) is 0. The summed E-state index contributed by atoms with van der Waals surface area (Å²) in [4.78, 5) is 14.6. The van der Waals surface area contributed by atoms with Crippen molar-refractivity contribution in [3.63, 3.8) is 0 Å². The molecule has 16 saturated heterocycles. The van der Waals surface area contributed by atoms with Crippen LogP contribution in [0.25, 0.3) is 0 Å². The Kier molecular flexibility index (Phi) is 13.0. The fraction of sp³-hybridized carbons (Fsp3) is 0.915. The molecule has 19 heteroatoms. The summed E-state index contributed by atoms with van der Waals surface area (Å²) in [6.07, 6.45) is -1.11. The topological polar surface area (TPSA) is 216 Å². The minimum absolute atomic E-state index is 0.0177. The highest BCUT2D eigenvalue weighted by Gasteiger charge is 2.77. The third kappa shape index (κ3) is 8.45.